The van der Waals surface area contributed by atoms with Crippen LogP contribution < -0.4 is 16.8 Å². The molecule has 7 nitrogen and oxygen atoms in total. The summed E-state index contributed by atoms with van der Waals surface area (Å²) < 4.78 is 5.12. The summed E-state index contributed by atoms with van der Waals surface area (Å²) in [5.74, 6) is -0.207. The molecule has 0 radical (unpaired) electrons. The largest absolute Gasteiger partial charge is 0.446 e. The van der Waals surface area contributed by atoms with Crippen molar-refractivity contribution in [2.24, 2.45) is 5.73 Å². The average Bonchev–Trinajstić information content (AvgIpc) is 2.98. The van der Waals surface area contributed by atoms with Crippen molar-refractivity contribution in [1.29, 1.82) is 0 Å². The number of anilines is 1. The second-order valence-electron chi connectivity index (χ2n) is 5.08. The molecule has 0 aliphatic heterocycles. The second kappa shape index (κ2) is 7.06. The molecule has 1 aromatic heterocycles. The number of aliphatic hydroxyl groups excluding tert-OH is 1. The Balaban J connectivity index is 1.86. The number of oxazole rings is 1. The van der Waals surface area contributed by atoms with Crippen LogP contribution in [0.5, 0.6) is 0 Å². The van der Waals surface area contributed by atoms with Gasteiger partial charge in [-0.3, -0.25) is 4.79 Å². The summed E-state index contributed by atoms with van der Waals surface area (Å²) >= 11 is 0. The summed E-state index contributed by atoms with van der Waals surface area (Å²) in [6.07, 6.45) is 1.11. The van der Waals surface area contributed by atoms with Gasteiger partial charge in [0.2, 0.25) is 5.89 Å². The Labute approximate surface area is 128 Å². The van der Waals surface area contributed by atoms with E-state index in [9.17, 15) is 9.90 Å². The van der Waals surface area contributed by atoms with Gasteiger partial charge in [-0.2, -0.15) is 0 Å². The molecular weight excluding hydrogens is 284 g/mol. The van der Waals surface area contributed by atoms with Crippen LogP contribution in [0.3, 0.4) is 0 Å². The fourth-order valence-corrected chi connectivity index (χ4v) is 1.85. The lowest BCUT2D eigenvalue weighted by molar-refractivity contribution is 0.0948. The van der Waals surface area contributed by atoms with Crippen molar-refractivity contribution in [3.05, 3.63) is 47.7 Å². The van der Waals surface area contributed by atoms with E-state index in [1.54, 1.807) is 0 Å². The van der Waals surface area contributed by atoms with Gasteiger partial charge >= 0.3 is 0 Å². The van der Waals surface area contributed by atoms with Crippen LogP contribution in [0.1, 0.15) is 34.9 Å². The molecule has 1 aromatic carbocycles. The van der Waals surface area contributed by atoms with Crippen molar-refractivity contribution in [1.82, 2.24) is 10.3 Å². The van der Waals surface area contributed by atoms with Crippen LogP contribution in [0.2, 0.25) is 0 Å². The quantitative estimate of drug-likeness (QED) is 0.579. The number of nitrogens with two attached hydrogens (primary N) is 2. The van der Waals surface area contributed by atoms with Crippen molar-refractivity contribution < 1.29 is 14.3 Å². The van der Waals surface area contributed by atoms with E-state index < -0.39 is 12.1 Å². The van der Waals surface area contributed by atoms with E-state index in [1.165, 1.54) is 13.2 Å². The first kappa shape index (κ1) is 16.0. The van der Waals surface area contributed by atoms with Crippen molar-refractivity contribution in [3.8, 4) is 0 Å². The summed E-state index contributed by atoms with van der Waals surface area (Å²) in [7, 11) is 0. The number of nitrogens with zero attached hydrogens (tertiary/aromatic N) is 1. The van der Waals surface area contributed by atoms with Gasteiger partial charge in [0.15, 0.2) is 5.69 Å². The Morgan fingerprint density at radius 2 is 2.09 bits per heavy atom. The van der Waals surface area contributed by atoms with E-state index in [0.29, 0.717) is 18.7 Å². The van der Waals surface area contributed by atoms with Gasteiger partial charge in [-0.25, -0.2) is 4.98 Å². The predicted octanol–water partition coefficient (Wildman–Crippen LogP) is 0.610. The molecule has 7 heteroatoms. The van der Waals surface area contributed by atoms with Gasteiger partial charge in [0, 0.05) is 12.2 Å². The molecule has 22 heavy (non-hydrogen) atoms. The molecule has 0 aliphatic carbocycles. The lowest BCUT2D eigenvalue weighted by atomic mass is 10.1. The highest BCUT2D eigenvalue weighted by Crippen LogP contribution is 2.13. The molecule has 2 atom stereocenters. The summed E-state index contributed by atoms with van der Waals surface area (Å²) in [6.45, 7) is 1.99. The molecule has 0 fully saturated rings. The first-order valence-corrected chi connectivity index (χ1v) is 6.99. The number of hydrogen-bond acceptors (Lipinski definition) is 6. The third kappa shape index (κ3) is 4.06. The maximum Gasteiger partial charge on any atom is 0.273 e. The molecule has 0 saturated heterocycles. The topological polar surface area (TPSA) is 127 Å². The minimum atomic E-state index is -0.805. The smallest absolute Gasteiger partial charge is 0.273 e. The van der Waals surface area contributed by atoms with Crippen LogP contribution in [-0.2, 0) is 6.42 Å². The first-order chi connectivity index (χ1) is 10.5. The molecular formula is C15H20N4O3. The first-order valence-electron chi connectivity index (χ1n) is 6.99. The minimum absolute atomic E-state index is 0.138. The molecule has 2 unspecified atom stereocenters. The molecule has 0 saturated carbocycles. The zero-order valence-corrected chi connectivity index (χ0v) is 12.3. The molecule has 2 rings (SSSR count). The van der Waals surface area contributed by atoms with Gasteiger partial charge in [0.05, 0.1) is 6.10 Å². The standard InChI is InChI=1S/C15H20N4O3/c1-9(20)13(17)15-19-12(8-22-15)14(21)18-7-6-10-2-4-11(16)5-3-10/h2-5,8-9,13,20H,6-7,16-17H2,1H3,(H,18,21). The van der Waals surface area contributed by atoms with Crippen LogP contribution in [0.25, 0.3) is 0 Å². The maximum atomic E-state index is 11.9. The minimum Gasteiger partial charge on any atom is -0.446 e. The van der Waals surface area contributed by atoms with E-state index >= 15 is 0 Å². The zero-order chi connectivity index (χ0) is 16.1. The highest BCUT2D eigenvalue weighted by molar-refractivity contribution is 5.91. The molecule has 0 bridgehead atoms. The summed E-state index contributed by atoms with van der Waals surface area (Å²) in [4.78, 5) is 15.9. The van der Waals surface area contributed by atoms with Crippen LogP contribution in [-0.4, -0.2) is 28.6 Å². The number of benzene rings is 1. The third-order valence-electron chi connectivity index (χ3n) is 3.24. The SMILES string of the molecule is CC(O)C(N)c1nc(C(=O)NCCc2ccc(N)cc2)co1. The second-order valence-corrected chi connectivity index (χ2v) is 5.08. The number of aromatic nitrogens is 1. The molecule has 1 amide bonds. The van der Waals surface area contributed by atoms with E-state index in [-0.39, 0.29) is 17.5 Å². The molecule has 2 aromatic rings. The normalized spacial score (nSPS) is 13.6. The summed E-state index contributed by atoms with van der Waals surface area (Å²) in [5.41, 5.74) is 13.2. The van der Waals surface area contributed by atoms with Gasteiger partial charge in [-0.05, 0) is 31.0 Å². The van der Waals surface area contributed by atoms with Crippen LogP contribution >= 0.6 is 0 Å². The fourth-order valence-electron chi connectivity index (χ4n) is 1.85. The number of carbonyl (C=O) groups is 1. The number of aliphatic hydroxyl groups is 1. The molecule has 1 heterocycles. The van der Waals surface area contributed by atoms with Gasteiger partial charge in [-0.1, -0.05) is 12.1 Å². The fraction of sp³-hybridized carbons (Fsp3) is 0.333. The van der Waals surface area contributed by atoms with Gasteiger partial charge in [0.1, 0.15) is 12.3 Å². The molecule has 0 aliphatic rings. The molecule has 6 N–H and O–H groups in total. The Morgan fingerprint density at radius 3 is 2.73 bits per heavy atom. The Kier molecular flexibility index (Phi) is 5.13. The van der Waals surface area contributed by atoms with Crippen LogP contribution in [0.15, 0.2) is 34.9 Å². The average molecular weight is 304 g/mol. The number of nitrogen functional groups attached to an aromatic ring is 1. The van der Waals surface area contributed by atoms with E-state index in [4.69, 9.17) is 15.9 Å². The van der Waals surface area contributed by atoms with E-state index in [1.807, 2.05) is 24.3 Å². The number of carbonyl (C=O) groups excluding carboxylic acids is 1. The highest BCUT2D eigenvalue weighted by atomic mass is 16.3. The Hall–Kier alpha value is -2.38. The van der Waals surface area contributed by atoms with Gasteiger partial charge in [-0.15, -0.1) is 0 Å². The highest BCUT2D eigenvalue weighted by Gasteiger charge is 2.20. The van der Waals surface area contributed by atoms with Crippen molar-refractivity contribution in [3.63, 3.8) is 0 Å². The van der Waals surface area contributed by atoms with E-state index in [0.717, 1.165) is 5.56 Å². The Bertz CT molecular complexity index is 622. The number of rotatable bonds is 6. The third-order valence-corrected chi connectivity index (χ3v) is 3.24. The Morgan fingerprint density at radius 1 is 1.41 bits per heavy atom. The van der Waals surface area contributed by atoms with Crippen molar-refractivity contribution in [2.45, 2.75) is 25.5 Å². The summed E-state index contributed by atoms with van der Waals surface area (Å²) in [6, 6.07) is 6.71. The molecule has 0 spiro atoms. The lowest BCUT2D eigenvalue weighted by Gasteiger charge is -2.09. The van der Waals surface area contributed by atoms with Crippen LogP contribution in [0, 0.1) is 0 Å². The monoisotopic (exact) mass is 304 g/mol. The zero-order valence-electron chi connectivity index (χ0n) is 12.3. The van der Waals surface area contributed by atoms with Crippen molar-refractivity contribution in [2.75, 3.05) is 12.3 Å². The predicted molar refractivity (Wildman–Crippen MR) is 82.0 cm³/mol. The maximum absolute atomic E-state index is 11.9. The number of nitrogens with one attached hydrogen (secondary N) is 1. The number of hydrogen-bond donors (Lipinski definition) is 4. The van der Waals surface area contributed by atoms with Gasteiger partial charge in [0.25, 0.3) is 5.91 Å². The van der Waals surface area contributed by atoms with Crippen LogP contribution in [0.4, 0.5) is 5.69 Å². The molecule has 118 valence electrons. The lowest BCUT2D eigenvalue weighted by Crippen LogP contribution is -2.27. The van der Waals surface area contributed by atoms with Gasteiger partial charge < -0.3 is 26.3 Å². The van der Waals surface area contributed by atoms with E-state index in [2.05, 4.69) is 10.3 Å². The summed E-state index contributed by atoms with van der Waals surface area (Å²) in [5, 5.41) is 12.1. The number of amides is 1. The van der Waals surface area contributed by atoms with Crippen molar-refractivity contribution >= 4 is 11.6 Å².